The Kier molecular flexibility index (Phi) is 4.29. The molecule has 1 aromatic carbocycles. The molecule has 0 radical (unpaired) electrons. The lowest BCUT2D eigenvalue weighted by Crippen LogP contribution is -2.18. The monoisotopic (exact) mass is 376 g/mol. The Balaban J connectivity index is 1.54. The molecule has 136 valence electrons. The van der Waals surface area contributed by atoms with Crippen LogP contribution in [0, 0.1) is 13.8 Å². The van der Waals surface area contributed by atoms with Crippen LogP contribution in [-0.4, -0.2) is 33.9 Å². The maximum Gasteiger partial charge on any atom is 0.231 e. The van der Waals surface area contributed by atoms with Gasteiger partial charge in [-0.2, -0.15) is 0 Å². The van der Waals surface area contributed by atoms with Crippen molar-refractivity contribution in [3.05, 3.63) is 40.4 Å². The number of hydrogen-bond donors (Lipinski definition) is 0. The normalized spacial score (nSPS) is 13.0. The second-order valence-corrected chi connectivity index (χ2v) is 6.50. The molecule has 3 heterocycles. The molecule has 9 heteroatoms. The van der Waals surface area contributed by atoms with Gasteiger partial charge in [0.2, 0.25) is 24.5 Å². The van der Waals surface area contributed by atoms with Crippen molar-refractivity contribution in [1.82, 2.24) is 20.1 Å². The van der Waals surface area contributed by atoms with Crippen molar-refractivity contribution < 1.29 is 18.3 Å². The Morgan fingerprint density at radius 1 is 1.08 bits per heavy atom. The summed E-state index contributed by atoms with van der Waals surface area (Å²) >= 11 is 6.35. The molecule has 0 saturated carbocycles. The number of benzene rings is 1. The molecule has 0 fully saturated rings. The molecule has 4 rings (SSSR count). The zero-order valence-electron chi connectivity index (χ0n) is 14.6. The minimum atomic E-state index is 0.185. The van der Waals surface area contributed by atoms with Gasteiger partial charge in [0, 0.05) is 19.5 Å². The van der Waals surface area contributed by atoms with E-state index in [2.05, 4.69) is 15.2 Å². The molecule has 1 aliphatic heterocycles. The summed E-state index contributed by atoms with van der Waals surface area (Å²) in [6.45, 7) is 4.91. The van der Waals surface area contributed by atoms with Crippen molar-refractivity contribution >= 4 is 11.6 Å². The van der Waals surface area contributed by atoms with Gasteiger partial charge in [0.25, 0.3) is 0 Å². The fraction of sp³-hybridized carbons (Fsp3) is 0.353. The SMILES string of the molecule is Cc1nnc(CN(C)Cc2nc(-c3cc4c(cc3Cl)OCO4)oc2C)o1. The maximum absolute atomic E-state index is 6.35. The molecule has 0 unspecified atom stereocenters. The van der Waals surface area contributed by atoms with Gasteiger partial charge in [-0.25, -0.2) is 4.98 Å². The molecule has 0 aliphatic carbocycles. The molecule has 2 aromatic heterocycles. The van der Waals surface area contributed by atoms with Gasteiger partial charge < -0.3 is 18.3 Å². The summed E-state index contributed by atoms with van der Waals surface area (Å²) in [4.78, 5) is 6.61. The van der Waals surface area contributed by atoms with Crippen LogP contribution in [0.4, 0.5) is 0 Å². The summed E-state index contributed by atoms with van der Waals surface area (Å²) in [6, 6.07) is 3.49. The molecule has 0 N–H and O–H groups in total. The van der Waals surface area contributed by atoms with Crippen LogP contribution in [0.3, 0.4) is 0 Å². The van der Waals surface area contributed by atoms with E-state index < -0.39 is 0 Å². The van der Waals surface area contributed by atoms with E-state index in [1.807, 2.05) is 18.9 Å². The van der Waals surface area contributed by atoms with Crippen LogP contribution in [0.1, 0.15) is 23.2 Å². The lowest BCUT2D eigenvalue weighted by Gasteiger charge is -2.12. The molecule has 0 bridgehead atoms. The number of nitrogens with zero attached hydrogens (tertiary/aromatic N) is 4. The highest BCUT2D eigenvalue weighted by Gasteiger charge is 2.21. The number of rotatable bonds is 5. The zero-order chi connectivity index (χ0) is 18.3. The molecule has 26 heavy (non-hydrogen) atoms. The van der Waals surface area contributed by atoms with Crippen LogP contribution in [0.15, 0.2) is 21.0 Å². The molecule has 0 saturated heterocycles. The smallest absolute Gasteiger partial charge is 0.231 e. The van der Waals surface area contributed by atoms with E-state index >= 15 is 0 Å². The first-order chi connectivity index (χ1) is 12.5. The van der Waals surface area contributed by atoms with Crippen molar-refractivity contribution in [3.8, 4) is 23.0 Å². The van der Waals surface area contributed by atoms with Crippen molar-refractivity contribution in [3.63, 3.8) is 0 Å². The summed E-state index contributed by atoms with van der Waals surface area (Å²) in [5.74, 6) is 3.53. The van der Waals surface area contributed by atoms with Crippen molar-refractivity contribution in [2.24, 2.45) is 0 Å². The molecule has 3 aromatic rings. The second-order valence-electron chi connectivity index (χ2n) is 6.09. The van der Waals surface area contributed by atoms with Crippen LogP contribution in [-0.2, 0) is 13.1 Å². The fourth-order valence-electron chi connectivity index (χ4n) is 2.71. The van der Waals surface area contributed by atoms with Crippen LogP contribution in [0.5, 0.6) is 11.5 Å². The third-order valence-electron chi connectivity index (χ3n) is 3.98. The zero-order valence-corrected chi connectivity index (χ0v) is 15.3. The van der Waals surface area contributed by atoms with Crippen LogP contribution >= 0.6 is 11.6 Å². The third-order valence-corrected chi connectivity index (χ3v) is 4.29. The van der Waals surface area contributed by atoms with Gasteiger partial charge in [-0.1, -0.05) is 11.6 Å². The van der Waals surface area contributed by atoms with E-state index in [0.717, 1.165) is 11.5 Å². The average Bonchev–Trinajstić information content (AvgIpc) is 3.28. The first-order valence-corrected chi connectivity index (χ1v) is 8.40. The Hall–Kier alpha value is -2.58. The number of hydrogen-bond acceptors (Lipinski definition) is 8. The molecular weight excluding hydrogens is 360 g/mol. The number of oxazole rings is 1. The van der Waals surface area contributed by atoms with Gasteiger partial charge in [-0.15, -0.1) is 10.2 Å². The number of ether oxygens (including phenoxy) is 2. The third kappa shape index (κ3) is 3.25. The summed E-state index contributed by atoms with van der Waals surface area (Å²) in [7, 11) is 1.95. The average molecular weight is 377 g/mol. The highest BCUT2D eigenvalue weighted by atomic mass is 35.5. The number of halogens is 1. The van der Waals surface area contributed by atoms with E-state index in [-0.39, 0.29) is 6.79 Å². The van der Waals surface area contributed by atoms with Gasteiger partial charge in [-0.05, 0) is 20.0 Å². The highest BCUT2D eigenvalue weighted by molar-refractivity contribution is 6.33. The van der Waals surface area contributed by atoms with Crippen molar-refractivity contribution in [2.75, 3.05) is 13.8 Å². The van der Waals surface area contributed by atoms with Gasteiger partial charge in [-0.3, -0.25) is 4.90 Å². The highest BCUT2D eigenvalue weighted by Crippen LogP contribution is 2.41. The fourth-order valence-corrected chi connectivity index (χ4v) is 2.95. The van der Waals surface area contributed by atoms with E-state index in [0.29, 0.717) is 52.8 Å². The molecule has 0 spiro atoms. The first-order valence-electron chi connectivity index (χ1n) is 8.03. The molecule has 0 atom stereocenters. The molecule has 1 aliphatic rings. The standard InChI is InChI=1S/C17H17ClN4O4/c1-9-13(6-22(3)7-16-21-20-10(2)26-16)19-17(25-9)11-4-14-15(5-12(11)18)24-8-23-14/h4-5H,6-8H2,1-3H3. The van der Waals surface area contributed by atoms with Crippen molar-refractivity contribution in [1.29, 1.82) is 0 Å². The van der Waals surface area contributed by atoms with E-state index in [9.17, 15) is 0 Å². The lowest BCUT2D eigenvalue weighted by atomic mass is 10.2. The molecular formula is C17H17ClN4O4. The van der Waals surface area contributed by atoms with Crippen molar-refractivity contribution in [2.45, 2.75) is 26.9 Å². The van der Waals surface area contributed by atoms with Crippen LogP contribution < -0.4 is 9.47 Å². The van der Waals surface area contributed by atoms with Gasteiger partial charge in [0.15, 0.2) is 11.5 Å². The van der Waals surface area contributed by atoms with E-state index in [1.54, 1.807) is 19.1 Å². The van der Waals surface area contributed by atoms with E-state index in [4.69, 9.17) is 29.9 Å². The first kappa shape index (κ1) is 16.9. The molecule has 0 amide bonds. The Bertz CT molecular complexity index is 952. The van der Waals surface area contributed by atoms with Gasteiger partial charge in [0.1, 0.15) is 5.76 Å². The minimum Gasteiger partial charge on any atom is -0.454 e. The Morgan fingerprint density at radius 3 is 2.58 bits per heavy atom. The maximum atomic E-state index is 6.35. The number of aromatic nitrogens is 3. The quantitative estimate of drug-likeness (QED) is 0.670. The summed E-state index contributed by atoms with van der Waals surface area (Å²) in [5.41, 5.74) is 1.48. The topological polar surface area (TPSA) is 86.7 Å². The Labute approximate surface area is 154 Å². The number of aryl methyl sites for hydroxylation is 2. The summed E-state index contributed by atoms with van der Waals surface area (Å²) < 4.78 is 22.0. The molecule has 8 nitrogen and oxygen atoms in total. The second kappa shape index (κ2) is 6.62. The van der Waals surface area contributed by atoms with Crippen LogP contribution in [0.25, 0.3) is 11.5 Å². The lowest BCUT2D eigenvalue weighted by molar-refractivity contribution is 0.174. The predicted octanol–water partition coefficient (Wildman–Crippen LogP) is 3.36. The largest absolute Gasteiger partial charge is 0.454 e. The van der Waals surface area contributed by atoms with Gasteiger partial charge in [0.05, 0.1) is 22.8 Å². The van der Waals surface area contributed by atoms with Crippen LogP contribution in [0.2, 0.25) is 5.02 Å². The Morgan fingerprint density at radius 2 is 1.85 bits per heavy atom. The summed E-state index contributed by atoms with van der Waals surface area (Å²) in [6.07, 6.45) is 0. The summed E-state index contributed by atoms with van der Waals surface area (Å²) in [5, 5.41) is 8.33. The van der Waals surface area contributed by atoms with Gasteiger partial charge >= 0.3 is 0 Å². The predicted molar refractivity (Wildman–Crippen MR) is 92.0 cm³/mol. The van der Waals surface area contributed by atoms with E-state index in [1.165, 1.54) is 0 Å². The number of fused-ring (bicyclic) bond motifs is 1. The minimum absolute atomic E-state index is 0.185.